The molecule has 0 aliphatic rings. The van der Waals surface area contributed by atoms with E-state index in [2.05, 4.69) is 13.6 Å². The van der Waals surface area contributed by atoms with E-state index in [1.807, 2.05) is 0 Å². The minimum atomic E-state index is -1.91. The SMILES string of the molecule is O=C(CC(CC(=O)OP)(OCCO)C(=O)OP)OP. The minimum absolute atomic E-state index is 0.270. The number of rotatable bonds is 8. The van der Waals surface area contributed by atoms with Gasteiger partial charge in [0.1, 0.15) is 0 Å². The van der Waals surface area contributed by atoms with Crippen LogP contribution in [0.3, 0.4) is 0 Å². The Hall–Kier alpha value is -0.380. The van der Waals surface area contributed by atoms with E-state index in [-0.39, 0.29) is 6.61 Å². The van der Waals surface area contributed by atoms with Crippen molar-refractivity contribution < 1.29 is 37.8 Å². The highest BCUT2D eigenvalue weighted by atomic mass is 31.0. The molecule has 0 aliphatic carbocycles. The van der Waals surface area contributed by atoms with Gasteiger partial charge in [-0.3, -0.25) is 9.59 Å². The van der Waals surface area contributed by atoms with Crippen LogP contribution in [0.4, 0.5) is 0 Å². The Morgan fingerprint density at radius 1 is 0.947 bits per heavy atom. The van der Waals surface area contributed by atoms with Gasteiger partial charge in [0.25, 0.3) is 0 Å². The molecule has 3 unspecified atom stereocenters. The zero-order valence-electron chi connectivity index (χ0n) is 9.87. The molecule has 0 aromatic carbocycles. The van der Waals surface area contributed by atoms with Gasteiger partial charge in [-0.25, -0.2) is 4.79 Å². The third kappa shape index (κ3) is 6.07. The lowest BCUT2D eigenvalue weighted by Crippen LogP contribution is -2.46. The van der Waals surface area contributed by atoms with Crippen molar-refractivity contribution in [2.45, 2.75) is 18.4 Å². The third-order valence-corrected chi connectivity index (χ3v) is 2.81. The summed E-state index contributed by atoms with van der Waals surface area (Å²) in [6.45, 7) is -0.675. The van der Waals surface area contributed by atoms with E-state index in [0.717, 1.165) is 0 Å². The molecule has 110 valence electrons. The molecule has 0 saturated carbocycles. The standard InChI is InChI=1S/C8H15O8P3/c9-1-2-13-8(7(12)16-19,3-5(10)14-17)4-6(11)15-18/h9H,1-4,17-19H2. The first-order valence-electron chi connectivity index (χ1n) is 4.91. The predicted octanol–water partition coefficient (Wildman–Crippen LogP) is -0.486. The molecular weight excluding hydrogens is 317 g/mol. The van der Waals surface area contributed by atoms with E-state index < -0.39 is 43.0 Å². The molecule has 0 saturated heterocycles. The molecule has 0 aromatic rings. The number of hydrogen-bond donors (Lipinski definition) is 1. The molecule has 0 aliphatic heterocycles. The van der Waals surface area contributed by atoms with Crippen molar-refractivity contribution in [2.75, 3.05) is 13.2 Å². The number of carbonyl (C=O) groups is 3. The fourth-order valence-corrected chi connectivity index (χ4v) is 1.65. The van der Waals surface area contributed by atoms with Gasteiger partial charge in [0.2, 0.25) is 0 Å². The van der Waals surface area contributed by atoms with Gasteiger partial charge in [-0.15, -0.1) is 0 Å². The van der Waals surface area contributed by atoms with Crippen molar-refractivity contribution in [2.24, 2.45) is 0 Å². The van der Waals surface area contributed by atoms with Crippen molar-refractivity contribution in [3.8, 4) is 0 Å². The van der Waals surface area contributed by atoms with E-state index in [0.29, 0.717) is 0 Å². The van der Waals surface area contributed by atoms with Crippen LogP contribution in [0.5, 0.6) is 0 Å². The Balaban J connectivity index is 5.23. The topological polar surface area (TPSA) is 108 Å². The fraction of sp³-hybridized carbons (Fsp3) is 0.625. The highest BCUT2D eigenvalue weighted by Gasteiger charge is 2.46. The van der Waals surface area contributed by atoms with Crippen LogP contribution in [0.2, 0.25) is 0 Å². The second-order valence-electron chi connectivity index (χ2n) is 3.30. The molecule has 0 aromatic heterocycles. The van der Waals surface area contributed by atoms with Crippen molar-refractivity contribution in [1.29, 1.82) is 0 Å². The first-order valence-corrected chi connectivity index (χ1v) is 6.32. The average molecular weight is 332 g/mol. The number of aliphatic hydroxyl groups excluding tert-OH is 1. The lowest BCUT2D eigenvalue weighted by molar-refractivity contribution is -0.174. The molecule has 0 bridgehead atoms. The van der Waals surface area contributed by atoms with Crippen LogP contribution in [0.25, 0.3) is 0 Å². The molecule has 3 atom stereocenters. The molecule has 0 amide bonds. The molecule has 19 heavy (non-hydrogen) atoms. The Labute approximate surface area is 116 Å². The summed E-state index contributed by atoms with van der Waals surface area (Å²) in [7, 11) is 5.13. The molecule has 11 heteroatoms. The van der Waals surface area contributed by atoms with Gasteiger partial charge >= 0.3 is 17.9 Å². The molecule has 1 N–H and O–H groups in total. The van der Waals surface area contributed by atoms with E-state index in [9.17, 15) is 14.4 Å². The maximum atomic E-state index is 11.8. The molecular formula is C8H15O8P3. The number of ether oxygens (including phenoxy) is 1. The van der Waals surface area contributed by atoms with Crippen LogP contribution in [0, 0.1) is 0 Å². The van der Waals surface area contributed by atoms with E-state index in [1.165, 1.54) is 0 Å². The zero-order valence-corrected chi connectivity index (χ0v) is 13.3. The van der Waals surface area contributed by atoms with Crippen LogP contribution in [0.1, 0.15) is 12.8 Å². The Kier molecular flexibility index (Phi) is 9.32. The van der Waals surface area contributed by atoms with Crippen molar-refractivity contribution in [3.63, 3.8) is 0 Å². The molecule has 0 rings (SSSR count). The van der Waals surface area contributed by atoms with Gasteiger partial charge < -0.3 is 23.4 Å². The average Bonchev–Trinajstić information content (AvgIpc) is 2.43. The maximum Gasteiger partial charge on any atom is 0.341 e. The smallest absolute Gasteiger partial charge is 0.341 e. The summed E-state index contributed by atoms with van der Waals surface area (Å²) in [5, 5.41) is 8.74. The summed E-state index contributed by atoms with van der Waals surface area (Å²) in [4.78, 5) is 34.4. The van der Waals surface area contributed by atoms with Crippen molar-refractivity contribution in [3.05, 3.63) is 0 Å². The molecule has 8 nitrogen and oxygen atoms in total. The monoisotopic (exact) mass is 332 g/mol. The van der Waals surface area contributed by atoms with Gasteiger partial charge in [-0.05, 0) is 0 Å². The van der Waals surface area contributed by atoms with Crippen LogP contribution < -0.4 is 0 Å². The van der Waals surface area contributed by atoms with Crippen LogP contribution in [0.15, 0.2) is 0 Å². The summed E-state index contributed by atoms with van der Waals surface area (Å²) in [5.74, 6) is -2.60. The van der Waals surface area contributed by atoms with Gasteiger partial charge in [-0.1, -0.05) is 0 Å². The zero-order chi connectivity index (χ0) is 14.9. The summed E-state index contributed by atoms with van der Waals surface area (Å²) in [6.07, 6.45) is -1.13. The van der Waals surface area contributed by atoms with Crippen LogP contribution >= 0.6 is 28.4 Å². The second kappa shape index (κ2) is 9.51. The molecule has 0 fully saturated rings. The summed E-state index contributed by atoms with van der Waals surface area (Å²) >= 11 is 0. The number of hydrogen-bond acceptors (Lipinski definition) is 8. The predicted molar refractivity (Wildman–Crippen MR) is 72.4 cm³/mol. The summed E-state index contributed by atoms with van der Waals surface area (Å²) in [6, 6.07) is 0. The number of carbonyl (C=O) groups excluding carboxylic acids is 3. The minimum Gasteiger partial charge on any atom is -0.451 e. The Bertz CT molecular complexity index is 316. The first kappa shape index (κ1) is 18.6. The largest absolute Gasteiger partial charge is 0.451 e. The van der Waals surface area contributed by atoms with Crippen LogP contribution in [-0.4, -0.2) is 41.8 Å². The molecule has 0 radical (unpaired) electrons. The van der Waals surface area contributed by atoms with Crippen molar-refractivity contribution >= 4 is 46.3 Å². The van der Waals surface area contributed by atoms with Crippen molar-refractivity contribution in [1.82, 2.24) is 0 Å². The number of aliphatic hydroxyl groups is 1. The first-order chi connectivity index (χ1) is 8.95. The third-order valence-electron chi connectivity index (χ3n) is 2.07. The highest BCUT2D eigenvalue weighted by Crippen LogP contribution is 2.26. The maximum absolute atomic E-state index is 11.8. The molecule has 0 heterocycles. The van der Waals surface area contributed by atoms with E-state index >= 15 is 0 Å². The highest BCUT2D eigenvalue weighted by molar-refractivity contribution is 7.11. The lowest BCUT2D eigenvalue weighted by Gasteiger charge is -2.28. The van der Waals surface area contributed by atoms with Gasteiger partial charge in [-0.2, -0.15) is 0 Å². The van der Waals surface area contributed by atoms with E-state index in [4.69, 9.17) is 9.84 Å². The lowest BCUT2D eigenvalue weighted by atomic mass is 9.95. The van der Waals surface area contributed by atoms with Gasteiger partial charge in [0, 0.05) is 0 Å². The second-order valence-corrected chi connectivity index (χ2v) is 4.01. The fourth-order valence-electron chi connectivity index (χ4n) is 1.27. The Morgan fingerprint density at radius 2 is 1.42 bits per heavy atom. The Morgan fingerprint density at radius 3 is 1.74 bits per heavy atom. The quantitative estimate of drug-likeness (QED) is 0.594. The normalized spacial score (nSPS) is 10.7. The van der Waals surface area contributed by atoms with Crippen LogP contribution in [-0.2, 0) is 32.7 Å². The summed E-state index contributed by atoms with van der Waals surface area (Å²) in [5.41, 5.74) is -1.91. The van der Waals surface area contributed by atoms with Gasteiger partial charge in [0.05, 0.1) is 54.5 Å². The summed E-state index contributed by atoms with van der Waals surface area (Å²) < 4.78 is 18.3. The van der Waals surface area contributed by atoms with Gasteiger partial charge in [0.15, 0.2) is 5.60 Å². The molecule has 0 spiro atoms. The van der Waals surface area contributed by atoms with E-state index in [1.54, 1.807) is 28.4 Å².